The van der Waals surface area contributed by atoms with Crippen LogP contribution in [0.3, 0.4) is 0 Å². The van der Waals surface area contributed by atoms with E-state index in [1.807, 2.05) is 13.8 Å². The van der Waals surface area contributed by atoms with Crippen LogP contribution in [0.2, 0.25) is 0 Å². The van der Waals surface area contributed by atoms with Crippen molar-refractivity contribution in [3.8, 4) is 0 Å². The third-order valence-electron chi connectivity index (χ3n) is 2.48. The van der Waals surface area contributed by atoms with Crippen LogP contribution in [0.15, 0.2) is 17.9 Å². The molecule has 2 aromatic heterocycles. The summed E-state index contributed by atoms with van der Waals surface area (Å²) in [6, 6.07) is 0. The summed E-state index contributed by atoms with van der Waals surface area (Å²) in [4.78, 5) is 25.3. The Bertz CT molecular complexity index is 569. The zero-order valence-electron chi connectivity index (χ0n) is 10.8. The third kappa shape index (κ3) is 3.47. The fourth-order valence-corrected chi connectivity index (χ4v) is 2.21. The summed E-state index contributed by atoms with van der Waals surface area (Å²) in [5.74, 6) is 0.365. The lowest BCUT2D eigenvalue weighted by molar-refractivity contribution is 0.0946. The second-order valence-electron chi connectivity index (χ2n) is 3.86. The highest BCUT2D eigenvalue weighted by atomic mass is 32.1. The third-order valence-corrected chi connectivity index (χ3v) is 3.41. The van der Waals surface area contributed by atoms with Gasteiger partial charge in [-0.3, -0.25) is 9.78 Å². The summed E-state index contributed by atoms with van der Waals surface area (Å²) >= 11 is 1.52. The van der Waals surface area contributed by atoms with Gasteiger partial charge in [0.1, 0.15) is 11.5 Å². The average Bonchev–Trinajstić information content (AvgIpc) is 2.82. The van der Waals surface area contributed by atoms with Crippen molar-refractivity contribution in [2.75, 3.05) is 11.9 Å². The first-order chi connectivity index (χ1) is 9.20. The van der Waals surface area contributed by atoms with Crippen LogP contribution >= 0.6 is 11.3 Å². The molecule has 2 aromatic rings. The maximum Gasteiger partial charge on any atom is 0.271 e. The predicted octanol–water partition coefficient (Wildman–Crippen LogP) is 1.60. The van der Waals surface area contributed by atoms with E-state index in [0.717, 1.165) is 17.1 Å². The number of carbonyl (C=O) groups is 1. The predicted molar refractivity (Wildman–Crippen MR) is 74.2 cm³/mol. The van der Waals surface area contributed by atoms with Crippen molar-refractivity contribution < 1.29 is 4.79 Å². The number of nitrogens with zero attached hydrogens (tertiary/aromatic N) is 3. The zero-order valence-corrected chi connectivity index (χ0v) is 11.6. The molecule has 0 fully saturated rings. The lowest BCUT2D eigenvalue weighted by Crippen LogP contribution is -2.24. The smallest absolute Gasteiger partial charge is 0.271 e. The van der Waals surface area contributed by atoms with Crippen LogP contribution in [0.4, 0.5) is 5.82 Å². The van der Waals surface area contributed by atoms with Crippen LogP contribution in [0.25, 0.3) is 0 Å². The number of aromatic nitrogens is 3. The van der Waals surface area contributed by atoms with Gasteiger partial charge in [0.05, 0.1) is 30.1 Å². The van der Waals surface area contributed by atoms with Gasteiger partial charge in [0, 0.05) is 11.4 Å². The molecule has 19 heavy (non-hydrogen) atoms. The van der Waals surface area contributed by atoms with Crippen LogP contribution < -0.4 is 10.6 Å². The number of rotatable bonds is 5. The standard InChI is InChI=1S/C12H15N5OS/c1-3-14-11-6-13-4-9(17-11)12(18)15-5-10-8(2)16-7-19-10/h4,6-7H,3,5H2,1-2H3,(H,14,17)(H,15,18). The Labute approximate surface area is 115 Å². The van der Waals surface area contributed by atoms with Gasteiger partial charge in [-0.25, -0.2) is 9.97 Å². The number of amides is 1. The first kappa shape index (κ1) is 13.4. The van der Waals surface area contributed by atoms with E-state index in [0.29, 0.717) is 18.1 Å². The van der Waals surface area contributed by atoms with E-state index in [2.05, 4.69) is 25.6 Å². The highest BCUT2D eigenvalue weighted by Gasteiger charge is 2.10. The van der Waals surface area contributed by atoms with Crippen molar-refractivity contribution in [3.63, 3.8) is 0 Å². The molecule has 2 N–H and O–H groups in total. The molecule has 0 atom stereocenters. The van der Waals surface area contributed by atoms with Gasteiger partial charge in [-0.15, -0.1) is 11.3 Å². The summed E-state index contributed by atoms with van der Waals surface area (Å²) < 4.78 is 0. The van der Waals surface area contributed by atoms with Crippen molar-refractivity contribution in [1.82, 2.24) is 20.3 Å². The maximum absolute atomic E-state index is 12.0. The van der Waals surface area contributed by atoms with E-state index in [9.17, 15) is 4.79 Å². The summed E-state index contributed by atoms with van der Waals surface area (Å²) in [6.45, 7) is 5.08. The van der Waals surface area contributed by atoms with Crippen molar-refractivity contribution in [3.05, 3.63) is 34.2 Å². The normalized spacial score (nSPS) is 10.2. The van der Waals surface area contributed by atoms with E-state index in [1.165, 1.54) is 17.5 Å². The van der Waals surface area contributed by atoms with Crippen molar-refractivity contribution >= 4 is 23.1 Å². The van der Waals surface area contributed by atoms with Crippen LogP contribution in [-0.2, 0) is 6.54 Å². The summed E-state index contributed by atoms with van der Waals surface area (Å²) in [6.07, 6.45) is 3.04. The minimum Gasteiger partial charge on any atom is -0.369 e. The van der Waals surface area contributed by atoms with Crippen LogP contribution in [-0.4, -0.2) is 27.4 Å². The van der Waals surface area contributed by atoms with Crippen LogP contribution in [0, 0.1) is 6.92 Å². The fraction of sp³-hybridized carbons (Fsp3) is 0.333. The van der Waals surface area contributed by atoms with Gasteiger partial charge in [0.2, 0.25) is 0 Å². The Morgan fingerprint density at radius 2 is 2.26 bits per heavy atom. The average molecular weight is 277 g/mol. The monoisotopic (exact) mass is 277 g/mol. The van der Waals surface area contributed by atoms with Crippen molar-refractivity contribution in [2.24, 2.45) is 0 Å². The molecule has 7 heteroatoms. The van der Waals surface area contributed by atoms with E-state index >= 15 is 0 Å². The Balaban J connectivity index is 2.00. The SMILES string of the molecule is CCNc1cncc(C(=O)NCc2scnc2C)n1. The van der Waals surface area contributed by atoms with E-state index in [4.69, 9.17) is 0 Å². The Kier molecular flexibility index (Phi) is 4.40. The number of aryl methyl sites for hydroxylation is 1. The molecule has 0 saturated carbocycles. The van der Waals surface area contributed by atoms with Gasteiger partial charge < -0.3 is 10.6 Å². The molecule has 100 valence electrons. The summed E-state index contributed by atoms with van der Waals surface area (Å²) in [5.41, 5.74) is 3.01. The number of thiazole rings is 1. The molecule has 0 aromatic carbocycles. The first-order valence-corrected chi connectivity index (χ1v) is 6.81. The van der Waals surface area contributed by atoms with Gasteiger partial charge in [0.15, 0.2) is 0 Å². The molecule has 0 aliphatic carbocycles. The lowest BCUT2D eigenvalue weighted by Gasteiger charge is -2.05. The minimum atomic E-state index is -0.236. The van der Waals surface area contributed by atoms with Crippen molar-refractivity contribution in [2.45, 2.75) is 20.4 Å². The number of hydrogen-bond acceptors (Lipinski definition) is 6. The van der Waals surface area contributed by atoms with Crippen LogP contribution in [0.1, 0.15) is 28.0 Å². The molecule has 1 amide bonds. The molecule has 0 aliphatic rings. The Morgan fingerprint density at radius 3 is 2.95 bits per heavy atom. The molecule has 6 nitrogen and oxygen atoms in total. The maximum atomic E-state index is 12.0. The van der Waals surface area contributed by atoms with Gasteiger partial charge in [-0.2, -0.15) is 0 Å². The molecular formula is C12H15N5OS. The number of carbonyl (C=O) groups excluding carboxylic acids is 1. The molecule has 0 radical (unpaired) electrons. The zero-order chi connectivity index (χ0) is 13.7. The fourth-order valence-electron chi connectivity index (χ4n) is 1.49. The second-order valence-corrected chi connectivity index (χ2v) is 4.80. The van der Waals surface area contributed by atoms with Crippen LogP contribution in [0.5, 0.6) is 0 Å². The Hall–Kier alpha value is -2.02. The number of nitrogens with one attached hydrogen (secondary N) is 2. The molecule has 0 saturated heterocycles. The summed E-state index contributed by atoms with van der Waals surface area (Å²) in [7, 11) is 0. The number of anilines is 1. The number of hydrogen-bond donors (Lipinski definition) is 2. The molecule has 0 unspecified atom stereocenters. The largest absolute Gasteiger partial charge is 0.369 e. The van der Waals surface area contributed by atoms with Gasteiger partial charge in [0.25, 0.3) is 5.91 Å². The lowest BCUT2D eigenvalue weighted by atomic mass is 10.3. The van der Waals surface area contributed by atoms with E-state index in [1.54, 1.807) is 11.7 Å². The topological polar surface area (TPSA) is 79.8 Å². The van der Waals surface area contributed by atoms with Gasteiger partial charge in [-0.05, 0) is 13.8 Å². The minimum absolute atomic E-state index is 0.236. The molecule has 0 bridgehead atoms. The molecular weight excluding hydrogens is 262 g/mol. The highest BCUT2D eigenvalue weighted by molar-refractivity contribution is 7.09. The molecule has 2 rings (SSSR count). The molecule has 0 spiro atoms. The van der Waals surface area contributed by atoms with E-state index in [-0.39, 0.29) is 5.91 Å². The van der Waals surface area contributed by atoms with Gasteiger partial charge in [-0.1, -0.05) is 0 Å². The molecule has 0 aliphatic heterocycles. The van der Waals surface area contributed by atoms with Crippen molar-refractivity contribution in [1.29, 1.82) is 0 Å². The molecule has 2 heterocycles. The quantitative estimate of drug-likeness (QED) is 0.868. The van der Waals surface area contributed by atoms with Gasteiger partial charge >= 0.3 is 0 Å². The highest BCUT2D eigenvalue weighted by Crippen LogP contribution is 2.11. The second kappa shape index (κ2) is 6.24. The first-order valence-electron chi connectivity index (χ1n) is 5.93. The van der Waals surface area contributed by atoms with E-state index < -0.39 is 0 Å². The Morgan fingerprint density at radius 1 is 1.42 bits per heavy atom. The summed E-state index contributed by atoms with van der Waals surface area (Å²) in [5, 5.41) is 5.83.